The third-order valence-corrected chi connectivity index (χ3v) is 3.71. The van der Waals surface area contributed by atoms with Gasteiger partial charge in [-0.15, -0.1) is 0 Å². The number of aromatic nitrogens is 2. The second kappa shape index (κ2) is 5.22. The highest BCUT2D eigenvalue weighted by Crippen LogP contribution is 2.25. The summed E-state index contributed by atoms with van der Waals surface area (Å²) in [5.41, 5.74) is 1.24. The first-order valence-corrected chi connectivity index (χ1v) is 6.62. The average molecular weight is 276 g/mol. The first-order valence-electron chi connectivity index (χ1n) is 6.62. The summed E-state index contributed by atoms with van der Waals surface area (Å²) in [4.78, 5) is 11.2. The predicted molar refractivity (Wildman–Crippen MR) is 71.7 cm³/mol. The Morgan fingerprint density at radius 2 is 2.15 bits per heavy atom. The molecule has 1 aliphatic heterocycles. The Hall–Kier alpha value is -1.92. The van der Waals surface area contributed by atoms with E-state index in [1.54, 1.807) is 12.1 Å². The maximum atomic E-state index is 11.2. The molecular formula is C14H16N2O4. The van der Waals surface area contributed by atoms with Crippen LogP contribution < -0.4 is 0 Å². The molecule has 1 aliphatic rings. The molecule has 1 fully saturated rings. The molecule has 0 saturated carbocycles. The van der Waals surface area contributed by atoms with Crippen LogP contribution in [0.5, 0.6) is 0 Å². The zero-order chi connectivity index (χ0) is 14.1. The van der Waals surface area contributed by atoms with Crippen molar-refractivity contribution in [2.45, 2.75) is 25.5 Å². The molecule has 0 bridgehead atoms. The van der Waals surface area contributed by atoms with E-state index in [1.165, 1.54) is 0 Å². The van der Waals surface area contributed by atoms with Crippen LogP contribution in [0, 0.1) is 0 Å². The topological polar surface area (TPSA) is 84.6 Å². The van der Waals surface area contributed by atoms with Crippen LogP contribution in [0.15, 0.2) is 18.3 Å². The number of aromatic carboxylic acids is 1. The van der Waals surface area contributed by atoms with E-state index >= 15 is 0 Å². The minimum absolute atomic E-state index is 0.131. The molecule has 106 valence electrons. The van der Waals surface area contributed by atoms with Crippen LogP contribution in [0.4, 0.5) is 0 Å². The van der Waals surface area contributed by atoms with Gasteiger partial charge in [-0.3, -0.25) is 4.68 Å². The predicted octanol–water partition coefficient (Wildman–Crippen LogP) is 1.58. The summed E-state index contributed by atoms with van der Waals surface area (Å²) in [6, 6.07) is 3.52. The maximum absolute atomic E-state index is 11.2. The fourth-order valence-corrected chi connectivity index (χ4v) is 2.60. The van der Waals surface area contributed by atoms with Gasteiger partial charge < -0.3 is 14.9 Å². The molecule has 3 rings (SSSR count). The number of hydrogen-bond acceptors (Lipinski definition) is 4. The second-order valence-corrected chi connectivity index (χ2v) is 4.98. The Bertz CT molecular complexity index is 644. The molecule has 1 aromatic carbocycles. The lowest BCUT2D eigenvalue weighted by molar-refractivity contribution is 0.0664. The Morgan fingerprint density at radius 1 is 1.40 bits per heavy atom. The van der Waals surface area contributed by atoms with Crippen LogP contribution in [-0.4, -0.2) is 39.2 Å². The van der Waals surface area contributed by atoms with Crippen LogP contribution in [0.1, 0.15) is 34.8 Å². The molecule has 2 heterocycles. The summed E-state index contributed by atoms with van der Waals surface area (Å²) < 4.78 is 7.22. The van der Waals surface area contributed by atoms with Gasteiger partial charge in [0.1, 0.15) is 0 Å². The number of ether oxygens (including phenoxy) is 1. The third kappa shape index (κ3) is 2.28. The first-order chi connectivity index (χ1) is 9.69. The normalized spacial score (nSPS) is 16.6. The highest BCUT2D eigenvalue weighted by atomic mass is 16.5. The van der Waals surface area contributed by atoms with Crippen LogP contribution in [-0.2, 0) is 11.3 Å². The van der Waals surface area contributed by atoms with Crippen LogP contribution in [0.2, 0.25) is 0 Å². The lowest BCUT2D eigenvalue weighted by atomic mass is 10.1. The number of carbonyl (C=O) groups is 1. The van der Waals surface area contributed by atoms with E-state index < -0.39 is 5.97 Å². The van der Waals surface area contributed by atoms with Gasteiger partial charge in [0, 0.05) is 24.8 Å². The van der Waals surface area contributed by atoms with E-state index in [0.29, 0.717) is 17.1 Å². The van der Waals surface area contributed by atoms with Crippen molar-refractivity contribution < 1.29 is 19.7 Å². The summed E-state index contributed by atoms with van der Waals surface area (Å²) in [7, 11) is 0. The SMILES string of the molecule is O=C(O)c1cc2cn(C3CCOCC3)nc2cc1CO. The lowest BCUT2D eigenvalue weighted by Gasteiger charge is -2.22. The Morgan fingerprint density at radius 3 is 2.80 bits per heavy atom. The minimum Gasteiger partial charge on any atom is -0.478 e. The van der Waals surface area contributed by atoms with Crippen LogP contribution in [0.3, 0.4) is 0 Å². The smallest absolute Gasteiger partial charge is 0.336 e. The van der Waals surface area contributed by atoms with Crippen LogP contribution in [0.25, 0.3) is 10.9 Å². The van der Waals surface area contributed by atoms with Crippen molar-refractivity contribution in [1.29, 1.82) is 0 Å². The van der Waals surface area contributed by atoms with Gasteiger partial charge in [0.2, 0.25) is 0 Å². The zero-order valence-corrected chi connectivity index (χ0v) is 11.0. The fraction of sp³-hybridized carbons (Fsp3) is 0.429. The van der Waals surface area contributed by atoms with Crippen molar-refractivity contribution >= 4 is 16.9 Å². The molecule has 0 aliphatic carbocycles. The molecule has 1 saturated heterocycles. The highest BCUT2D eigenvalue weighted by molar-refractivity contribution is 5.95. The lowest BCUT2D eigenvalue weighted by Crippen LogP contribution is -2.19. The fourth-order valence-electron chi connectivity index (χ4n) is 2.60. The highest BCUT2D eigenvalue weighted by Gasteiger charge is 2.18. The molecule has 6 heteroatoms. The van der Waals surface area contributed by atoms with Gasteiger partial charge in [0.15, 0.2) is 0 Å². The number of rotatable bonds is 3. The minimum atomic E-state index is -1.03. The number of hydrogen-bond donors (Lipinski definition) is 2. The third-order valence-electron chi connectivity index (χ3n) is 3.71. The van der Waals surface area contributed by atoms with Gasteiger partial charge in [0.05, 0.1) is 23.7 Å². The monoisotopic (exact) mass is 276 g/mol. The molecule has 0 spiro atoms. The molecule has 0 atom stereocenters. The average Bonchev–Trinajstić information content (AvgIpc) is 2.89. The van der Waals surface area contributed by atoms with Gasteiger partial charge in [-0.2, -0.15) is 5.10 Å². The largest absolute Gasteiger partial charge is 0.478 e. The maximum Gasteiger partial charge on any atom is 0.336 e. The summed E-state index contributed by atoms with van der Waals surface area (Å²) in [5.74, 6) is -1.03. The number of carboxylic acids is 1. The number of fused-ring (bicyclic) bond motifs is 1. The van der Waals surface area contributed by atoms with Gasteiger partial charge >= 0.3 is 5.97 Å². The van der Waals surface area contributed by atoms with E-state index in [1.807, 2.05) is 10.9 Å². The van der Waals surface area contributed by atoms with E-state index in [4.69, 9.17) is 9.84 Å². The molecule has 0 radical (unpaired) electrons. The van der Waals surface area contributed by atoms with Crippen molar-refractivity contribution in [3.05, 3.63) is 29.5 Å². The number of aliphatic hydroxyl groups excluding tert-OH is 1. The zero-order valence-electron chi connectivity index (χ0n) is 11.0. The van der Waals surface area contributed by atoms with Crippen molar-refractivity contribution in [3.63, 3.8) is 0 Å². The van der Waals surface area contributed by atoms with Gasteiger partial charge in [-0.25, -0.2) is 4.79 Å². The van der Waals surface area contributed by atoms with Gasteiger partial charge in [0.25, 0.3) is 0 Å². The van der Waals surface area contributed by atoms with Crippen molar-refractivity contribution in [2.75, 3.05) is 13.2 Å². The summed E-state index contributed by atoms with van der Waals surface area (Å²) in [5, 5.41) is 23.7. The number of nitrogens with zero attached hydrogens (tertiary/aromatic N) is 2. The van der Waals surface area contributed by atoms with Gasteiger partial charge in [-0.1, -0.05) is 0 Å². The Labute approximate surface area is 115 Å². The molecule has 0 amide bonds. The quantitative estimate of drug-likeness (QED) is 0.889. The van der Waals surface area contributed by atoms with E-state index in [9.17, 15) is 9.90 Å². The Balaban J connectivity index is 2.03. The number of benzene rings is 1. The van der Waals surface area contributed by atoms with Crippen molar-refractivity contribution in [1.82, 2.24) is 9.78 Å². The van der Waals surface area contributed by atoms with Crippen LogP contribution >= 0.6 is 0 Å². The molecule has 1 aromatic heterocycles. The first kappa shape index (κ1) is 13.1. The molecule has 0 unspecified atom stereocenters. The summed E-state index contributed by atoms with van der Waals surface area (Å²) in [6.45, 7) is 1.15. The van der Waals surface area contributed by atoms with Crippen molar-refractivity contribution in [3.8, 4) is 0 Å². The standard InChI is InChI=1S/C14H16N2O4/c17-8-10-6-13-9(5-12(10)14(18)19)7-16(15-13)11-1-3-20-4-2-11/h5-7,11,17H,1-4,8H2,(H,18,19). The molecule has 6 nitrogen and oxygen atoms in total. The van der Waals surface area contributed by atoms with E-state index in [2.05, 4.69) is 5.10 Å². The Kier molecular flexibility index (Phi) is 3.42. The second-order valence-electron chi connectivity index (χ2n) is 4.98. The van der Waals surface area contributed by atoms with E-state index in [0.717, 1.165) is 31.4 Å². The van der Waals surface area contributed by atoms with Crippen molar-refractivity contribution in [2.24, 2.45) is 0 Å². The molecule has 2 aromatic rings. The molecule has 20 heavy (non-hydrogen) atoms. The summed E-state index contributed by atoms with van der Waals surface area (Å²) in [6.07, 6.45) is 3.69. The number of aliphatic hydroxyl groups is 1. The molecular weight excluding hydrogens is 260 g/mol. The van der Waals surface area contributed by atoms with Gasteiger partial charge in [-0.05, 0) is 30.5 Å². The summed E-state index contributed by atoms with van der Waals surface area (Å²) >= 11 is 0. The molecule has 2 N–H and O–H groups in total. The van der Waals surface area contributed by atoms with E-state index in [-0.39, 0.29) is 12.2 Å². The number of carboxylic acid groups (broad SMARTS) is 1.